The average Bonchev–Trinajstić information content (AvgIpc) is 2.81. The van der Waals surface area contributed by atoms with Gasteiger partial charge in [-0.15, -0.1) is 23.1 Å². The van der Waals surface area contributed by atoms with E-state index < -0.39 is 10.0 Å². The maximum Gasteiger partial charge on any atom is 0.263 e. The molecule has 4 nitrogen and oxygen atoms in total. The third kappa shape index (κ3) is 3.35. The number of anilines is 1. The molecule has 0 saturated carbocycles. The maximum absolute atomic E-state index is 12.4. The Kier molecular flexibility index (Phi) is 4.74. The molecular formula is C13H16N2O2S3. The van der Waals surface area contributed by atoms with E-state index in [1.165, 1.54) is 11.3 Å². The molecule has 1 heterocycles. The molecule has 3 N–H and O–H groups in total. The molecule has 0 atom stereocenters. The minimum absolute atomic E-state index is 0.303. The van der Waals surface area contributed by atoms with Crippen LogP contribution in [0.25, 0.3) is 0 Å². The van der Waals surface area contributed by atoms with Crippen LogP contribution in [0.2, 0.25) is 0 Å². The Bertz CT molecular complexity index is 691. The zero-order valence-electron chi connectivity index (χ0n) is 11.2. The maximum atomic E-state index is 12.4. The third-order valence-electron chi connectivity index (χ3n) is 2.76. The van der Waals surface area contributed by atoms with E-state index >= 15 is 0 Å². The Hall–Kier alpha value is -1.02. The van der Waals surface area contributed by atoms with Gasteiger partial charge < -0.3 is 5.73 Å². The number of hydrogen-bond acceptors (Lipinski definition) is 5. The first-order chi connectivity index (χ1) is 9.46. The number of thioether (sulfide) groups is 1. The summed E-state index contributed by atoms with van der Waals surface area (Å²) in [6.07, 6.45) is 1.97. The van der Waals surface area contributed by atoms with Crippen LogP contribution < -0.4 is 10.5 Å². The van der Waals surface area contributed by atoms with Crippen LogP contribution in [0.3, 0.4) is 0 Å². The van der Waals surface area contributed by atoms with E-state index in [1.807, 2.05) is 18.4 Å². The lowest BCUT2D eigenvalue weighted by Gasteiger charge is -2.08. The highest BCUT2D eigenvalue weighted by molar-refractivity contribution is 7.98. The quantitative estimate of drug-likeness (QED) is 0.828. The summed E-state index contributed by atoms with van der Waals surface area (Å²) in [6, 6.07) is 8.92. The van der Waals surface area contributed by atoms with Crippen molar-refractivity contribution in [2.45, 2.75) is 23.3 Å². The number of thiophene rings is 1. The van der Waals surface area contributed by atoms with Gasteiger partial charge in [0, 0.05) is 26.9 Å². The summed E-state index contributed by atoms with van der Waals surface area (Å²) in [5.41, 5.74) is 6.11. The molecule has 2 rings (SSSR count). The molecule has 1 aromatic carbocycles. The fraction of sp³-hybridized carbons (Fsp3) is 0.231. The average molecular weight is 328 g/mol. The minimum Gasteiger partial charge on any atom is -0.326 e. The summed E-state index contributed by atoms with van der Waals surface area (Å²) < 4.78 is 27.3. The van der Waals surface area contributed by atoms with Gasteiger partial charge >= 0.3 is 0 Å². The number of nitrogens with one attached hydrogen (secondary N) is 1. The Balaban J connectivity index is 2.27. The summed E-state index contributed by atoms with van der Waals surface area (Å²) in [5.74, 6) is 0. The summed E-state index contributed by atoms with van der Waals surface area (Å²) in [4.78, 5) is 3.00. The topological polar surface area (TPSA) is 72.2 Å². The van der Waals surface area contributed by atoms with Crippen LogP contribution in [0.1, 0.15) is 9.75 Å². The Morgan fingerprint density at radius 1 is 1.30 bits per heavy atom. The largest absolute Gasteiger partial charge is 0.326 e. The van der Waals surface area contributed by atoms with E-state index in [0.717, 1.165) is 14.6 Å². The summed E-state index contributed by atoms with van der Waals surface area (Å²) in [5, 5.41) is 0. The zero-order valence-corrected chi connectivity index (χ0v) is 13.7. The fourth-order valence-electron chi connectivity index (χ4n) is 1.76. The van der Waals surface area contributed by atoms with E-state index in [9.17, 15) is 8.42 Å². The van der Waals surface area contributed by atoms with Crippen LogP contribution in [0.15, 0.2) is 40.1 Å². The van der Waals surface area contributed by atoms with Gasteiger partial charge in [0.1, 0.15) is 4.90 Å². The molecule has 1 aromatic heterocycles. The van der Waals surface area contributed by atoms with Crippen molar-refractivity contribution in [3.63, 3.8) is 0 Å². The molecule has 7 heteroatoms. The van der Waals surface area contributed by atoms with E-state index in [0.29, 0.717) is 17.1 Å². The van der Waals surface area contributed by atoms with Crippen LogP contribution in [0, 0.1) is 6.92 Å². The first-order valence-electron chi connectivity index (χ1n) is 5.92. The van der Waals surface area contributed by atoms with Crippen molar-refractivity contribution in [1.29, 1.82) is 0 Å². The standard InChI is InChI=1S/C13H16N2O2S3/c1-9-13(7-12(8-14)19-9)20(16,17)15-10-3-5-11(18-2)6-4-10/h3-7,15H,8,14H2,1-2H3. The first kappa shape index (κ1) is 15.4. The molecule has 2 aromatic rings. The summed E-state index contributed by atoms with van der Waals surface area (Å²) in [7, 11) is -3.55. The van der Waals surface area contributed by atoms with Crippen molar-refractivity contribution in [3.8, 4) is 0 Å². The van der Waals surface area contributed by atoms with Crippen LogP contribution in [0.4, 0.5) is 5.69 Å². The van der Waals surface area contributed by atoms with Crippen molar-refractivity contribution >= 4 is 38.8 Å². The minimum atomic E-state index is -3.55. The smallest absolute Gasteiger partial charge is 0.263 e. The van der Waals surface area contributed by atoms with E-state index in [1.54, 1.807) is 36.9 Å². The SMILES string of the molecule is CSc1ccc(NS(=O)(=O)c2cc(CN)sc2C)cc1. The van der Waals surface area contributed by atoms with Crippen molar-refractivity contribution in [2.75, 3.05) is 11.0 Å². The van der Waals surface area contributed by atoms with Gasteiger partial charge in [-0.05, 0) is 43.5 Å². The Morgan fingerprint density at radius 3 is 2.45 bits per heavy atom. The number of hydrogen-bond donors (Lipinski definition) is 2. The lowest BCUT2D eigenvalue weighted by Crippen LogP contribution is -2.13. The second-order valence-electron chi connectivity index (χ2n) is 4.17. The highest BCUT2D eigenvalue weighted by Crippen LogP contribution is 2.27. The number of aryl methyl sites for hydroxylation is 1. The van der Waals surface area contributed by atoms with Gasteiger partial charge in [-0.3, -0.25) is 4.72 Å². The van der Waals surface area contributed by atoms with Gasteiger partial charge in [0.15, 0.2) is 0 Å². The highest BCUT2D eigenvalue weighted by Gasteiger charge is 2.19. The predicted octanol–water partition coefficient (Wildman–Crippen LogP) is 3.04. The number of sulfonamides is 1. The van der Waals surface area contributed by atoms with Crippen molar-refractivity contribution < 1.29 is 8.42 Å². The second kappa shape index (κ2) is 6.17. The summed E-state index contributed by atoms with van der Waals surface area (Å²) in [6.45, 7) is 2.14. The summed E-state index contributed by atoms with van der Waals surface area (Å²) >= 11 is 3.02. The molecular weight excluding hydrogens is 312 g/mol. The van der Waals surface area contributed by atoms with Crippen LogP contribution in [0.5, 0.6) is 0 Å². The van der Waals surface area contributed by atoms with Gasteiger partial charge in [0.25, 0.3) is 10.0 Å². The third-order valence-corrected chi connectivity index (χ3v) is 6.21. The van der Waals surface area contributed by atoms with E-state index in [2.05, 4.69) is 4.72 Å². The molecule has 20 heavy (non-hydrogen) atoms. The molecule has 108 valence electrons. The fourth-order valence-corrected chi connectivity index (χ4v) is 4.74. The molecule has 0 saturated heterocycles. The van der Waals surface area contributed by atoms with Gasteiger partial charge in [0.2, 0.25) is 0 Å². The molecule has 0 aliphatic heterocycles. The van der Waals surface area contributed by atoms with Crippen LogP contribution in [-0.4, -0.2) is 14.7 Å². The number of benzene rings is 1. The molecule has 0 unspecified atom stereocenters. The zero-order chi connectivity index (χ0) is 14.8. The molecule has 0 radical (unpaired) electrons. The van der Waals surface area contributed by atoms with Crippen molar-refractivity contribution in [1.82, 2.24) is 0 Å². The second-order valence-corrected chi connectivity index (χ2v) is 8.04. The lowest BCUT2D eigenvalue weighted by atomic mass is 10.3. The van der Waals surface area contributed by atoms with Gasteiger partial charge in [-0.2, -0.15) is 0 Å². The molecule has 0 fully saturated rings. The van der Waals surface area contributed by atoms with E-state index in [-0.39, 0.29) is 0 Å². The van der Waals surface area contributed by atoms with Gasteiger partial charge in [0.05, 0.1) is 0 Å². The normalized spacial score (nSPS) is 11.6. The first-order valence-corrected chi connectivity index (χ1v) is 9.45. The number of rotatable bonds is 5. The van der Waals surface area contributed by atoms with E-state index in [4.69, 9.17) is 5.73 Å². The highest BCUT2D eigenvalue weighted by atomic mass is 32.2. The van der Waals surface area contributed by atoms with Crippen LogP contribution >= 0.6 is 23.1 Å². The van der Waals surface area contributed by atoms with Crippen LogP contribution in [-0.2, 0) is 16.6 Å². The van der Waals surface area contributed by atoms with Crippen molar-refractivity contribution in [2.24, 2.45) is 5.73 Å². The van der Waals surface area contributed by atoms with Crippen molar-refractivity contribution in [3.05, 3.63) is 40.1 Å². The Morgan fingerprint density at radius 2 is 1.95 bits per heavy atom. The van der Waals surface area contributed by atoms with Gasteiger partial charge in [-0.25, -0.2) is 8.42 Å². The molecule has 0 amide bonds. The number of nitrogens with two attached hydrogens (primary N) is 1. The molecule has 0 aliphatic rings. The lowest BCUT2D eigenvalue weighted by molar-refractivity contribution is 0.601. The molecule has 0 bridgehead atoms. The molecule has 0 aliphatic carbocycles. The molecule has 0 spiro atoms. The Labute approximate surface area is 127 Å². The predicted molar refractivity (Wildman–Crippen MR) is 86.0 cm³/mol. The monoisotopic (exact) mass is 328 g/mol. The van der Waals surface area contributed by atoms with Gasteiger partial charge in [-0.1, -0.05) is 0 Å².